The lowest BCUT2D eigenvalue weighted by atomic mass is 10.2. The number of rotatable bonds is 7. The molecule has 5 heteroatoms. The second-order valence-electron chi connectivity index (χ2n) is 4.14. The van der Waals surface area contributed by atoms with Gasteiger partial charge in [-0.15, -0.1) is 11.8 Å². The molecule has 1 rings (SSSR count). The molecule has 0 unspecified atom stereocenters. The summed E-state index contributed by atoms with van der Waals surface area (Å²) in [5.74, 6) is 2.80. The average Bonchev–Trinajstić information content (AvgIpc) is 2.28. The third-order valence-corrected chi connectivity index (χ3v) is 3.66. The monoisotopic (exact) mass is 271 g/mol. The Kier molecular flexibility index (Phi) is 6.73. The number of thioether (sulfide) groups is 2. The maximum absolute atomic E-state index is 4.51. The molecule has 1 aromatic rings. The highest BCUT2D eigenvalue weighted by Gasteiger charge is 2.04. The third-order valence-electron chi connectivity index (χ3n) is 2.17. The number of nitrogens with one attached hydrogen (secondary N) is 1. The molecule has 0 spiro atoms. The van der Waals surface area contributed by atoms with Crippen LogP contribution in [0.15, 0.2) is 16.2 Å². The number of nitrogens with zero attached hydrogens (tertiary/aromatic N) is 2. The van der Waals surface area contributed by atoms with Crippen molar-refractivity contribution in [2.75, 3.05) is 23.9 Å². The summed E-state index contributed by atoms with van der Waals surface area (Å²) in [6.45, 7) is 7.46. The molecule has 0 fully saturated rings. The second-order valence-corrected chi connectivity index (χ2v) is 6.03. The lowest BCUT2D eigenvalue weighted by Gasteiger charge is -2.08. The fraction of sp³-hybridized carbons (Fsp3) is 0.667. The summed E-state index contributed by atoms with van der Waals surface area (Å²) in [5.41, 5.74) is 0. The van der Waals surface area contributed by atoms with E-state index < -0.39 is 0 Å². The van der Waals surface area contributed by atoms with Crippen LogP contribution in [-0.4, -0.2) is 28.5 Å². The summed E-state index contributed by atoms with van der Waals surface area (Å²) < 4.78 is 0. The van der Waals surface area contributed by atoms with E-state index >= 15 is 0 Å². The Bertz CT molecular complexity index is 343. The van der Waals surface area contributed by atoms with E-state index in [1.807, 2.05) is 24.1 Å². The molecule has 0 aliphatic rings. The molecule has 0 radical (unpaired) electrons. The van der Waals surface area contributed by atoms with Gasteiger partial charge in [0.25, 0.3) is 0 Å². The van der Waals surface area contributed by atoms with Gasteiger partial charge in [-0.3, -0.25) is 0 Å². The summed E-state index contributed by atoms with van der Waals surface area (Å²) in [6.07, 6.45) is 3.23. The van der Waals surface area contributed by atoms with Crippen LogP contribution in [0.3, 0.4) is 0 Å². The highest BCUT2D eigenvalue weighted by atomic mass is 32.2. The van der Waals surface area contributed by atoms with Crippen LogP contribution in [0.1, 0.15) is 27.2 Å². The Labute approximate surface area is 113 Å². The van der Waals surface area contributed by atoms with Crippen LogP contribution < -0.4 is 5.32 Å². The number of hydrogen-bond donors (Lipinski definition) is 1. The minimum Gasteiger partial charge on any atom is -0.370 e. The molecule has 0 aliphatic carbocycles. The van der Waals surface area contributed by atoms with E-state index in [4.69, 9.17) is 0 Å². The van der Waals surface area contributed by atoms with Gasteiger partial charge < -0.3 is 5.32 Å². The van der Waals surface area contributed by atoms with E-state index in [-0.39, 0.29) is 0 Å². The molecule has 0 bridgehead atoms. The molecule has 17 heavy (non-hydrogen) atoms. The fourth-order valence-electron chi connectivity index (χ4n) is 1.24. The summed E-state index contributed by atoms with van der Waals surface area (Å²) in [7, 11) is 0. The fourth-order valence-corrected chi connectivity index (χ4v) is 2.82. The molecular formula is C12H21N3S2. The van der Waals surface area contributed by atoms with Gasteiger partial charge in [-0.2, -0.15) is 0 Å². The largest absolute Gasteiger partial charge is 0.370 e. The number of anilines is 1. The Morgan fingerprint density at radius 3 is 2.71 bits per heavy atom. The number of hydrogen-bond acceptors (Lipinski definition) is 5. The normalized spacial score (nSPS) is 10.9. The Morgan fingerprint density at radius 1 is 1.35 bits per heavy atom. The topological polar surface area (TPSA) is 37.8 Å². The predicted octanol–water partition coefficient (Wildman–Crippen LogP) is 3.77. The molecule has 3 nitrogen and oxygen atoms in total. The first-order valence-electron chi connectivity index (χ1n) is 5.95. The summed E-state index contributed by atoms with van der Waals surface area (Å²) in [4.78, 5) is 8.92. The molecule has 0 atom stereocenters. The smallest absolute Gasteiger partial charge is 0.190 e. The van der Waals surface area contributed by atoms with Gasteiger partial charge in [0.15, 0.2) is 5.16 Å². The van der Waals surface area contributed by atoms with Crippen molar-refractivity contribution in [1.29, 1.82) is 0 Å². The molecule has 1 N–H and O–H groups in total. The molecule has 0 saturated carbocycles. The highest BCUT2D eigenvalue weighted by Crippen LogP contribution is 2.23. The maximum atomic E-state index is 4.51. The molecule has 1 heterocycles. The minimum absolute atomic E-state index is 0.748. The maximum Gasteiger partial charge on any atom is 0.190 e. The molecule has 0 aromatic carbocycles. The van der Waals surface area contributed by atoms with Crippen molar-refractivity contribution in [2.24, 2.45) is 5.92 Å². The quantitative estimate of drug-likeness (QED) is 0.464. The molecule has 96 valence electrons. The summed E-state index contributed by atoms with van der Waals surface area (Å²) in [5, 5.41) is 5.16. The lowest BCUT2D eigenvalue weighted by Crippen LogP contribution is -2.02. The van der Waals surface area contributed by atoms with Crippen LogP contribution in [0.5, 0.6) is 0 Å². The lowest BCUT2D eigenvalue weighted by molar-refractivity contribution is 0.631. The first-order chi connectivity index (χ1) is 8.15. The first kappa shape index (κ1) is 14.6. The van der Waals surface area contributed by atoms with Gasteiger partial charge in [0.2, 0.25) is 0 Å². The standard InChI is InChI=1S/C12H21N3S2/c1-5-13-10-8-11(15-12(14-10)16-4)17-7-6-9(2)3/h8-9H,5-7H2,1-4H3,(H,13,14,15). The Balaban J connectivity index is 2.66. The van der Waals surface area contributed by atoms with Gasteiger partial charge in [0, 0.05) is 12.6 Å². The SMILES string of the molecule is CCNc1cc(SCCC(C)C)nc(SC)n1. The van der Waals surface area contributed by atoms with Crippen molar-refractivity contribution < 1.29 is 0 Å². The van der Waals surface area contributed by atoms with Crippen LogP contribution >= 0.6 is 23.5 Å². The minimum atomic E-state index is 0.748. The number of aromatic nitrogens is 2. The summed E-state index contributed by atoms with van der Waals surface area (Å²) in [6, 6.07) is 2.04. The van der Waals surface area contributed by atoms with Gasteiger partial charge in [-0.05, 0) is 31.3 Å². The van der Waals surface area contributed by atoms with Crippen LogP contribution in [0.2, 0.25) is 0 Å². The average molecular weight is 271 g/mol. The van der Waals surface area contributed by atoms with Crippen molar-refractivity contribution in [2.45, 2.75) is 37.4 Å². The predicted molar refractivity (Wildman–Crippen MR) is 78.2 cm³/mol. The van der Waals surface area contributed by atoms with Crippen molar-refractivity contribution in [3.63, 3.8) is 0 Å². The molecule has 0 amide bonds. The van der Waals surface area contributed by atoms with Gasteiger partial charge in [0.05, 0.1) is 0 Å². The van der Waals surface area contributed by atoms with Crippen LogP contribution in [0.4, 0.5) is 5.82 Å². The first-order valence-corrected chi connectivity index (χ1v) is 8.16. The van der Waals surface area contributed by atoms with E-state index in [1.54, 1.807) is 11.8 Å². The molecule has 0 aliphatic heterocycles. The zero-order chi connectivity index (χ0) is 12.7. The zero-order valence-corrected chi connectivity index (χ0v) is 12.6. The Hall–Kier alpha value is -0.420. The van der Waals surface area contributed by atoms with Crippen LogP contribution in [0, 0.1) is 5.92 Å². The Morgan fingerprint density at radius 2 is 2.12 bits per heavy atom. The summed E-state index contributed by atoms with van der Waals surface area (Å²) >= 11 is 3.40. The zero-order valence-electron chi connectivity index (χ0n) is 11.0. The molecular weight excluding hydrogens is 250 g/mol. The van der Waals surface area contributed by atoms with Gasteiger partial charge in [-0.1, -0.05) is 25.6 Å². The van der Waals surface area contributed by atoms with Crippen molar-refractivity contribution in [1.82, 2.24) is 9.97 Å². The van der Waals surface area contributed by atoms with E-state index in [2.05, 4.69) is 36.1 Å². The van der Waals surface area contributed by atoms with Crippen molar-refractivity contribution >= 4 is 29.3 Å². The van der Waals surface area contributed by atoms with E-state index in [0.717, 1.165) is 34.2 Å². The second kappa shape index (κ2) is 7.82. The molecule has 1 aromatic heterocycles. The molecule has 0 saturated heterocycles. The van der Waals surface area contributed by atoms with Crippen molar-refractivity contribution in [3.05, 3.63) is 6.07 Å². The van der Waals surface area contributed by atoms with Crippen LogP contribution in [-0.2, 0) is 0 Å². The van der Waals surface area contributed by atoms with Crippen molar-refractivity contribution in [3.8, 4) is 0 Å². The van der Waals surface area contributed by atoms with E-state index in [9.17, 15) is 0 Å². The third kappa shape index (κ3) is 5.64. The van der Waals surface area contributed by atoms with Gasteiger partial charge in [-0.25, -0.2) is 9.97 Å². The van der Waals surface area contributed by atoms with E-state index in [1.165, 1.54) is 6.42 Å². The van der Waals surface area contributed by atoms with Gasteiger partial charge >= 0.3 is 0 Å². The van der Waals surface area contributed by atoms with Crippen LogP contribution in [0.25, 0.3) is 0 Å². The van der Waals surface area contributed by atoms with E-state index in [0.29, 0.717) is 0 Å². The van der Waals surface area contributed by atoms with Gasteiger partial charge in [0.1, 0.15) is 10.8 Å². The highest BCUT2D eigenvalue weighted by molar-refractivity contribution is 7.99.